The van der Waals surface area contributed by atoms with Gasteiger partial charge in [-0.2, -0.15) is 4.37 Å². The van der Waals surface area contributed by atoms with Crippen molar-refractivity contribution in [1.29, 1.82) is 0 Å². The molecular weight excluding hydrogens is 256 g/mol. The third kappa shape index (κ3) is 3.06. The van der Waals surface area contributed by atoms with Gasteiger partial charge in [0.1, 0.15) is 0 Å². The van der Waals surface area contributed by atoms with E-state index in [4.69, 9.17) is 10.8 Å². The van der Waals surface area contributed by atoms with E-state index in [9.17, 15) is 4.79 Å². The predicted molar refractivity (Wildman–Crippen MR) is 53.6 cm³/mol. The topological polar surface area (TPSA) is 76.2 Å². The van der Waals surface area contributed by atoms with Crippen LogP contribution in [0.15, 0.2) is 10.7 Å². The summed E-state index contributed by atoms with van der Waals surface area (Å²) in [6, 6.07) is -0.238. The van der Waals surface area contributed by atoms with Crippen LogP contribution in [0, 0.1) is 0 Å². The van der Waals surface area contributed by atoms with Crippen LogP contribution >= 0.6 is 27.5 Å². The lowest BCUT2D eigenvalue weighted by atomic mass is 10.1. The summed E-state index contributed by atoms with van der Waals surface area (Å²) in [5.74, 6) is -0.823. The van der Waals surface area contributed by atoms with E-state index in [-0.39, 0.29) is 12.5 Å². The average Bonchev–Trinajstić information content (AvgIpc) is 2.47. The molecule has 0 radical (unpaired) electrons. The molecule has 0 aromatic carbocycles. The number of aliphatic carboxylic acids is 1. The number of nitrogens with zero attached hydrogens (tertiary/aromatic N) is 1. The predicted octanol–water partition coefficient (Wildman–Crippen LogP) is 1.77. The molecule has 4 nitrogen and oxygen atoms in total. The lowest BCUT2D eigenvalue weighted by Gasteiger charge is -2.06. The molecule has 6 heteroatoms. The maximum atomic E-state index is 10.3. The second-order valence-corrected chi connectivity index (χ2v) is 4.26. The van der Waals surface area contributed by atoms with Gasteiger partial charge in [0.05, 0.1) is 15.5 Å². The Hall–Kier alpha value is -0.460. The van der Waals surface area contributed by atoms with E-state index in [1.165, 1.54) is 11.5 Å². The van der Waals surface area contributed by atoms with Crippen molar-refractivity contribution in [3.63, 3.8) is 0 Å². The molecule has 1 atom stereocenters. The van der Waals surface area contributed by atoms with Crippen LogP contribution in [0.4, 0.5) is 0 Å². The SMILES string of the molecule is NC(CCC(=O)O)c1sncc1Br. The van der Waals surface area contributed by atoms with Crippen LogP contribution in [-0.2, 0) is 4.79 Å². The zero-order valence-electron chi connectivity index (χ0n) is 6.74. The Kier molecular flexibility index (Phi) is 3.83. The normalized spacial score (nSPS) is 12.8. The van der Waals surface area contributed by atoms with Gasteiger partial charge in [0.15, 0.2) is 0 Å². The van der Waals surface area contributed by atoms with Gasteiger partial charge >= 0.3 is 5.97 Å². The van der Waals surface area contributed by atoms with Gasteiger partial charge < -0.3 is 10.8 Å². The average molecular weight is 265 g/mol. The summed E-state index contributed by atoms with van der Waals surface area (Å²) in [7, 11) is 0. The molecule has 1 aromatic rings. The van der Waals surface area contributed by atoms with Gasteiger partial charge in [0, 0.05) is 12.5 Å². The molecule has 1 aromatic heterocycles. The Morgan fingerprint density at radius 2 is 2.54 bits per heavy atom. The number of carboxylic acid groups (broad SMARTS) is 1. The number of hydrogen-bond acceptors (Lipinski definition) is 4. The van der Waals surface area contributed by atoms with Gasteiger partial charge in [-0.15, -0.1) is 0 Å². The lowest BCUT2D eigenvalue weighted by molar-refractivity contribution is -0.137. The Morgan fingerprint density at radius 3 is 3.00 bits per heavy atom. The van der Waals surface area contributed by atoms with Crippen molar-refractivity contribution in [2.45, 2.75) is 18.9 Å². The fourth-order valence-corrected chi connectivity index (χ4v) is 2.31. The Balaban J connectivity index is 2.53. The van der Waals surface area contributed by atoms with Crippen LogP contribution in [0.5, 0.6) is 0 Å². The zero-order chi connectivity index (χ0) is 9.84. The molecule has 0 saturated carbocycles. The van der Waals surface area contributed by atoms with Gasteiger partial charge in [-0.05, 0) is 33.9 Å². The van der Waals surface area contributed by atoms with Crippen LogP contribution in [0.25, 0.3) is 0 Å². The molecule has 1 heterocycles. The summed E-state index contributed by atoms with van der Waals surface area (Å²) in [4.78, 5) is 11.2. The van der Waals surface area contributed by atoms with Crippen LogP contribution in [-0.4, -0.2) is 15.4 Å². The molecule has 0 fully saturated rings. The van der Waals surface area contributed by atoms with Crippen LogP contribution in [0.1, 0.15) is 23.8 Å². The quantitative estimate of drug-likeness (QED) is 0.869. The first kappa shape index (κ1) is 10.6. The first-order chi connectivity index (χ1) is 6.11. The molecule has 0 spiro atoms. The lowest BCUT2D eigenvalue weighted by Crippen LogP contribution is -2.11. The first-order valence-corrected chi connectivity index (χ1v) is 5.25. The maximum absolute atomic E-state index is 10.3. The fourth-order valence-electron chi connectivity index (χ4n) is 0.892. The van der Waals surface area contributed by atoms with E-state index in [1.807, 2.05) is 0 Å². The van der Waals surface area contributed by atoms with Crippen LogP contribution < -0.4 is 5.73 Å². The van der Waals surface area contributed by atoms with Gasteiger partial charge in [0.2, 0.25) is 0 Å². The number of rotatable bonds is 4. The van der Waals surface area contributed by atoms with Crippen molar-refractivity contribution in [3.05, 3.63) is 15.5 Å². The Labute approximate surface area is 88.1 Å². The number of hydrogen-bond donors (Lipinski definition) is 2. The molecule has 1 unspecified atom stereocenters. The second-order valence-electron chi connectivity index (χ2n) is 2.58. The summed E-state index contributed by atoms with van der Waals surface area (Å²) in [5.41, 5.74) is 5.77. The van der Waals surface area contributed by atoms with Crippen LogP contribution in [0.2, 0.25) is 0 Å². The fraction of sp³-hybridized carbons (Fsp3) is 0.429. The minimum absolute atomic E-state index is 0.0888. The third-order valence-corrected chi connectivity index (χ3v) is 3.38. The highest BCUT2D eigenvalue weighted by molar-refractivity contribution is 9.10. The highest BCUT2D eigenvalue weighted by atomic mass is 79.9. The number of halogens is 1. The molecule has 13 heavy (non-hydrogen) atoms. The Morgan fingerprint density at radius 1 is 1.85 bits per heavy atom. The van der Waals surface area contributed by atoms with Gasteiger partial charge in [-0.1, -0.05) is 0 Å². The molecule has 0 aliphatic heterocycles. The van der Waals surface area contributed by atoms with Crippen molar-refractivity contribution in [1.82, 2.24) is 4.37 Å². The summed E-state index contributed by atoms with van der Waals surface area (Å²) in [6.45, 7) is 0. The smallest absolute Gasteiger partial charge is 0.303 e. The highest BCUT2D eigenvalue weighted by Gasteiger charge is 2.13. The molecule has 3 N–H and O–H groups in total. The first-order valence-electron chi connectivity index (χ1n) is 3.68. The van der Waals surface area contributed by atoms with E-state index >= 15 is 0 Å². The number of aromatic nitrogens is 1. The summed E-state index contributed by atoms with van der Waals surface area (Å²) < 4.78 is 4.79. The summed E-state index contributed by atoms with van der Waals surface area (Å²) >= 11 is 4.59. The molecule has 0 aliphatic carbocycles. The summed E-state index contributed by atoms with van der Waals surface area (Å²) in [5, 5.41) is 8.45. The van der Waals surface area contributed by atoms with E-state index in [0.717, 1.165) is 9.35 Å². The third-order valence-electron chi connectivity index (χ3n) is 1.56. The number of carbonyl (C=O) groups is 1. The zero-order valence-corrected chi connectivity index (χ0v) is 9.14. The van der Waals surface area contributed by atoms with E-state index < -0.39 is 5.97 Å². The molecule has 0 amide bonds. The van der Waals surface area contributed by atoms with E-state index in [1.54, 1.807) is 6.20 Å². The molecule has 72 valence electrons. The number of carboxylic acids is 1. The molecular formula is C7H9BrN2O2S. The van der Waals surface area contributed by atoms with Crippen molar-refractivity contribution < 1.29 is 9.90 Å². The molecule has 0 aliphatic rings. The number of nitrogens with two attached hydrogens (primary N) is 1. The molecule has 1 rings (SSSR count). The van der Waals surface area contributed by atoms with Gasteiger partial charge in [0.25, 0.3) is 0 Å². The molecule has 0 bridgehead atoms. The van der Waals surface area contributed by atoms with Gasteiger partial charge in [-0.25, -0.2) is 0 Å². The minimum atomic E-state index is -0.823. The highest BCUT2D eigenvalue weighted by Crippen LogP contribution is 2.27. The van der Waals surface area contributed by atoms with E-state index in [2.05, 4.69) is 20.3 Å². The standard InChI is InChI=1S/C7H9BrN2O2S/c8-4-3-10-13-7(4)5(9)1-2-6(11)12/h3,5H,1-2,9H2,(H,11,12). The van der Waals surface area contributed by atoms with Crippen molar-refractivity contribution >= 4 is 33.4 Å². The summed E-state index contributed by atoms with van der Waals surface area (Å²) in [6.07, 6.45) is 2.20. The second kappa shape index (κ2) is 4.69. The van der Waals surface area contributed by atoms with Crippen molar-refractivity contribution in [3.8, 4) is 0 Å². The van der Waals surface area contributed by atoms with Gasteiger partial charge in [-0.3, -0.25) is 4.79 Å². The maximum Gasteiger partial charge on any atom is 0.303 e. The monoisotopic (exact) mass is 264 g/mol. The molecule has 0 saturated heterocycles. The largest absolute Gasteiger partial charge is 0.481 e. The minimum Gasteiger partial charge on any atom is -0.481 e. The van der Waals surface area contributed by atoms with Crippen LogP contribution in [0.3, 0.4) is 0 Å². The Bertz CT molecular complexity index is 302. The van der Waals surface area contributed by atoms with E-state index in [0.29, 0.717) is 6.42 Å². The van der Waals surface area contributed by atoms with Crippen molar-refractivity contribution in [2.24, 2.45) is 5.73 Å². The van der Waals surface area contributed by atoms with Crippen molar-refractivity contribution in [2.75, 3.05) is 0 Å².